The molecule has 0 saturated carbocycles. The van der Waals surface area contributed by atoms with Gasteiger partial charge in [-0.1, -0.05) is 294 Å². The summed E-state index contributed by atoms with van der Waals surface area (Å²) >= 11 is 0. The van der Waals surface area contributed by atoms with Crippen LogP contribution in [0.3, 0.4) is 0 Å². The Hall–Kier alpha value is -5.23. The van der Waals surface area contributed by atoms with Crippen molar-refractivity contribution < 1.29 is 28.6 Å². The maximum atomic E-state index is 12.9. The molecule has 0 heterocycles. The average molecular weight is 1140 g/mol. The van der Waals surface area contributed by atoms with Crippen LogP contribution in [0.2, 0.25) is 0 Å². The SMILES string of the molecule is CC/C=C\C/C=C\C/C=C\C/C=C\C/C=C\C/C=C\C/C=C\C/C=C\CCCCCCCCCCC(=O)OCC(COC(=O)C/C=C\C/C=C\C/C=C\C/C=C\C/C=C\CC)OC(=O)CCCCCCCCC/C=C\CCCCCCCC. The molecule has 0 spiro atoms. The van der Waals surface area contributed by atoms with E-state index in [2.05, 4.69) is 179 Å². The second-order valence-corrected chi connectivity index (χ2v) is 21.6. The Morgan fingerprint density at radius 2 is 0.518 bits per heavy atom. The Labute approximate surface area is 511 Å². The minimum atomic E-state index is -0.833. The Morgan fingerprint density at radius 1 is 0.265 bits per heavy atom. The normalized spacial score (nSPS) is 13.2. The first-order valence-corrected chi connectivity index (χ1v) is 33.6. The van der Waals surface area contributed by atoms with Gasteiger partial charge in [0.2, 0.25) is 0 Å². The first-order chi connectivity index (χ1) is 41.0. The van der Waals surface area contributed by atoms with Crippen LogP contribution >= 0.6 is 0 Å². The number of rotatable bonds is 59. The number of hydrogen-bond donors (Lipinski definition) is 0. The van der Waals surface area contributed by atoms with Crippen LogP contribution in [0.25, 0.3) is 0 Å². The number of carbonyl (C=O) groups excluding carboxylic acids is 3. The molecule has 0 saturated heterocycles. The van der Waals surface area contributed by atoms with Crippen LogP contribution in [0.1, 0.15) is 278 Å². The molecule has 0 fully saturated rings. The summed E-state index contributed by atoms with van der Waals surface area (Å²) in [6, 6.07) is 0. The van der Waals surface area contributed by atoms with Crippen molar-refractivity contribution in [1.29, 1.82) is 0 Å². The van der Waals surface area contributed by atoms with E-state index in [0.29, 0.717) is 12.8 Å². The molecule has 83 heavy (non-hydrogen) atoms. The van der Waals surface area contributed by atoms with Gasteiger partial charge in [0.15, 0.2) is 6.10 Å². The van der Waals surface area contributed by atoms with E-state index in [1.165, 1.54) is 109 Å². The molecule has 1 unspecified atom stereocenters. The summed E-state index contributed by atoms with van der Waals surface area (Å²) < 4.78 is 16.8. The van der Waals surface area contributed by atoms with Gasteiger partial charge in [-0.15, -0.1) is 0 Å². The number of ether oxygens (including phenoxy) is 3. The lowest BCUT2D eigenvalue weighted by molar-refractivity contribution is -0.166. The Kier molecular flexibility index (Phi) is 64.9. The van der Waals surface area contributed by atoms with Crippen LogP contribution in [0.15, 0.2) is 170 Å². The van der Waals surface area contributed by atoms with Crippen molar-refractivity contribution in [3.8, 4) is 0 Å². The summed E-state index contributed by atoms with van der Waals surface area (Å²) in [6.07, 6.45) is 102. The fourth-order valence-corrected chi connectivity index (χ4v) is 8.76. The minimum absolute atomic E-state index is 0.118. The van der Waals surface area contributed by atoms with Crippen LogP contribution in [0.4, 0.5) is 0 Å². The van der Waals surface area contributed by atoms with Gasteiger partial charge in [0, 0.05) is 12.8 Å². The second kappa shape index (κ2) is 69.3. The fourth-order valence-electron chi connectivity index (χ4n) is 8.76. The summed E-state index contributed by atoms with van der Waals surface area (Å²) in [5.74, 6) is -1.07. The maximum Gasteiger partial charge on any atom is 0.309 e. The largest absolute Gasteiger partial charge is 0.462 e. The summed E-state index contributed by atoms with van der Waals surface area (Å²) in [5.41, 5.74) is 0. The van der Waals surface area contributed by atoms with Crippen molar-refractivity contribution in [1.82, 2.24) is 0 Å². The summed E-state index contributed by atoms with van der Waals surface area (Å²) in [7, 11) is 0. The van der Waals surface area contributed by atoms with E-state index in [1.807, 2.05) is 6.08 Å². The van der Waals surface area contributed by atoms with Crippen LogP contribution in [0, 0.1) is 0 Å². The molecule has 0 aromatic carbocycles. The zero-order valence-corrected chi connectivity index (χ0v) is 53.4. The number of esters is 3. The van der Waals surface area contributed by atoms with Crippen LogP contribution in [0.5, 0.6) is 0 Å². The van der Waals surface area contributed by atoms with E-state index >= 15 is 0 Å². The molecule has 0 aromatic heterocycles. The molecule has 6 heteroatoms. The number of carbonyl (C=O) groups is 3. The van der Waals surface area contributed by atoms with E-state index < -0.39 is 12.1 Å². The molecule has 0 amide bonds. The molecule has 0 aliphatic rings. The molecule has 0 rings (SSSR count). The quantitative estimate of drug-likeness (QED) is 0.0261. The number of hydrogen-bond acceptors (Lipinski definition) is 6. The highest BCUT2D eigenvalue weighted by atomic mass is 16.6. The molecule has 0 aromatic rings. The molecule has 6 nitrogen and oxygen atoms in total. The van der Waals surface area contributed by atoms with Gasteiger partial charge in [0.1, 0.15) is 13.2 Å². The standard InChI is InChI=1S/C77H122O6/c1-4-7-10-13-16-19-22-25-28-30-31-32-33-34-35-36-37-38-39-40-41-42-43-44-45-47-49-52-55-58-61-64-67-70-76(79)82-73-74(72-81-75(78)69-66-63-60-57-54-51-48-27-24-21-18-15-12-9-6-3)83-77(80)71-68-65-62-59-56-53-50-46-29-26-23-20-17-14-11-8-5-2/h7,9-10,12,16,18-19,21,25-29,31-32,34-35,37-38,40-41,43-44,48,54,57,63,66,74H,4-6,8,11,13-15,17,20,22-24,30,33,36,39,42,45-47,49-53,55-56,58-62,64-65,67-73H2,1-3H3/b10-7-,12-9-,19-16-,21-18-,28-25-,29-26-,32-31-,35-34-,38-37-,41-40-,44-43-,48-27-,57-54-,66-63-. The van der Waals surface area contributed by atoms with Crippen molar-refractivity contribution in [3.05, 3.63) is 170 Å². The van der Waals surface area contributed by atoms with Crippen LogP contribution < -0.4 is 0 Å². The van der Waals surface area contributed by atoms with Gasteiger partial charge in [-0.25, -0.2) is 0 Å². The van der Waals surface area contributed by atoms with Gasteiger partial charge < -0.3 is 14.2 Å². The highest BCUT2D eigenvalue weighted by Crippen LogP contribution is 2.15. The lowest BCUT2D eigenvalue weighted by Crippen LogP contribution is -2.30. The third kappa shape index (κ3) is 67.4. The molecular weight excluding hydrogens is 1020 g/mol. The van der Waals surface area contributed by atoms with Gasteiger partial charge in [-0.05, 0) is 135 Å². The first-order valence-electron chi connectivity index (χ1n) is 33.6. The first kappa shape index (κ1) is 77.8. The van der Waals surface area contributed by atoms with Crippen molar-refractivity contribution in [2.75, 3.05) is 13.2 Å². The second-order valence-electron chi connectivity index (χ2n) is 21.6. The number of unbranched alkanes of at least 4 members (excludes halogenated alkanes) is 21. The van der Waals surface area contributed by atoms with Crippen molar-refractivity contribution in [2.45, 2.75) is 284 Å². The topological polar surface area (TPSA) is 78.9 Å². The predicted octanol–water partition coefficient (Wildman–Crippen LogP) is 23.4. The third-order valence-electron chi connectivity index (χ3n) is 13.7. The lowest BCUT2D eigenvalue weighted by atomic mass is 10.1. The third-order valence-corrected chi connectivity index (χ3v) is 13.7. The molecule has 0 aliphatic heterocycles. The van der Waals surface area contributed by atoms with E-state index in [0.717, 1.165) is 128 Å². The summed E-state index contributed by atoms with van der Waals surface area (Å²) in [6.45, 7) is 6.31. The van der Waals surface area contributed by atoms with E-state index in [9.17, 15) is 14.4 Å². The smallest absolute Gasteiger partial charge is 0.309 e. The summed E-state index contributed by atoms with van der Waals surface area (Å²) in [4.78, 5) is 38.3. The van der Waals surface area contributed by atoms with Gasteiger partial charge in [-0.3, -0.25) is 14.4 Å². The Morgan fingerprint density at radius 3 is 0.855 bits per heavy atom. The van der Waals surface area contributed by atoms with Gasteiger partial charge in [0.25, 0.3) is 0 Å². The molecule has 0 bridgehead atoms. The minimum Gasteiger partial charge on any atom is -0.462 e. The van der Waals surface area contributed by atoms with E-state index in [1.54, 1.807) is 6.08 Å². The van der Waals surface area contributed by atoms with E-state index in [4.69, 9.17) is 14.2 Å². The highest BCUT2D eigenvalue weighted by molar-refractivity contribution is 5.72. The molecule has 466 valence electrons. The van der Waals surface area contributed by atoms with Crippen molar-refractivity contribution in [3.63, 3.8) is 0 Å². The predicted molar refractivity (Wildman–Crippen MR) is 361 cm³/mol. The summed E-state index contributed by atoms with van der Waals surface area (Å²) in [5, 5.41) is 0. The number of allylic oxidation sites excluding steroid dienone is 27. The monoisotopic (exact) mass is 1140 g/mol. The molecular formula is C77H122O6. The Bertz CT molecular complexity index is 1890. The van der Waals surface area contributed by atoms with Gasteiger partial charge in [-0.2, -0.15) is 0 Å². The maximum absolute atomic E-state index is 12.9. The fraction of sp³-hybridized carbons (Fsp3) is 0.597. The zero-order valence-electron chi connectivity index (χ0n) is 53.4. The molecule has 0 radical (unpaired) electrons. The lowest BCUT2D eigenvalue weighted by Gasteiger charge is -2.18. The molecule has 0 N–H and O–H groups in total. The molecule has 1 atom stereocenters. The van der Waals surface area contributed by atoms with Gasteiger partial charge >= 0.3 is 17.9 Å². The van der Waals surface area contributed by atoms with Crippen molar-refractivity contribution in [2.24, 2.45) is 0 Å². The van der Waals surface area contributed by atoms with Crippen molar-refractivity contribution >= 4 is 17.9 Å². The average Bonchev–Trinajstić information content (AvgIpc) is 3.49. The Balaban J connectivity index is 4.39. The van der Waals surface area contributed by atoms with Crippen LogP contribution in [-0.2, 0) is 28.6 Å². The van der Waals surface area contributed by atoms with E-state index in [-0.39, 0.29) is 31.6 Å². The van der Waals surface area contributed by atoms with Gasteiger partial charge in [0.05, 0.1) is 6.42 Å². The molecule has 0 aliphatic carbocycles. The zero-order chi connectivity index (χ0) is 59.9. The van der Waals surface area contributed by atoms with Crippen LogP contribution in [-0.4, -0.2) is 37.2 Å². The highest BCUT2D eigenvalue weighted by Gasteiger charge is 2.19.